The minimum absolute atomic E-state index is 0.261. The van der Waals surface area contributed by atoms with Crippen molar-refractivity contribution in [2.75, 3.05) is 0 Å². The molecule has 0 saturated heterocycles. The van der Waals surface area contributed by atoms with Crippen molar-refractivity contribution >= 4 is 27.5 Å². The van der Waals surface area contributed by atoms with E-state index in [4.69, 9.17) is 11.6 Å². The first kappa shape index (κ1) is 13.5. The number of hydrogen-bond acceptors (Lipinski definition) is 1. The molecule has 2 rings (SSSR count). The number of rotatable bonds is 2. The van der Waals surface area contributed by atoms with Crippen molar-refractivity contribution < 1.29 is 13.9 Å². The Bertz CT molecular complexity index is 589. The Morgan fingerprint density at radius 2 is 1.78 bits per heavy atom. The normalized spacial score (nSPS) is 12.5. The molecule has 0 aromatic heterocycles. The van der Waals surface area contributed by atoms with E-state index >= 15 is 0 Å². The average Bonchev–Trinajstić information content (AvgIpc) is 2.35. The Hall–Kier alpha value is -0.970. The molecular formula is C13H8BrClF2O. The van der Waals surface area contributed by atoms with Crippen molar-refractivity contribution in [3.8, 4) is 0 Å². The van der Waals surface area contributed by atoms with Crippen LogP contribution in [0, 0.1) is 11.6 Å². The highest BCUT2D eigenvalue weighted by Crippen LogP contribution is 2.31. The zero-order chi connectivity index (χ0) is 13.3. The third-order valence-electron chi connectivity index (χ3n) is 2.51. The Labute approximate surface area is 116 Å². The highest BCUT2D eigenvalue weighted by atomic mass is 79.9. The maximum atomic E-state index is 13.1. The summed E-state index contributed by atoms with van der Waals surface area (Å²) in [5, 5.41) is 10.6. The van der Waals surface area contributed by atoms with Crippen LogP contribution in [0.1, 0.15) is 17.2 Å². The van der Waals surface area contributed by atoms with E-state index in [1.54, 1.807) is 18.2 Å². The number of hydrogen-bond donors (Lipinski definition) is 1. The molecule has 0 saturated carbocycles. The summed E-state index contributed by atoms with van der Waals surface area (Å²) in [6.07, 6.45) is -1.08. The third kappa shape index (κ3) is 2.71. The predicted molar refractivity (Wildman–Crippen MR) is 69.6 cm³/mol. The standard InChI is InChI=1S/C13H8BrClF2O/c14-10-3-2-8(15)6-9(10)13(18)7-1-4-11(16)12(17)5-7/h1-6,13,18H. The van der Waals surface area contributed by atoms with Crippen LogP contribution in [0.4, 0.5) is 8.78 Å². The van der Waals surface area contributed by atoms with Crippen molar-refractivity contribution in [1.29, 1.82) is 0 Å². The number of aliphatic hydroxyl groups is 1. The fraction of sp³-hybridized carbons (Fsp3) is 0.0769. The Kier molecular flexibility index (Phi) is 4.00. The van der Waals surface area contributed by atoms with Crippen molar-refractivity contribution in [1.82, 2.24) is 0 Å². The second kappa shape index (κ2) is 5.34. The van der Waals surface area contributed by atoms with E-state index in [1.165, 1.54) is 6.07 Å². The number of aliphatic hydroxyl groups excluding tert-OH is 1. The van der Waals surface area contributed by atoms with E-state index in [2.05, 4.69) is 15.9 Å². The lowest BCUT2D eigenvalue weighted by atomic mass is 10.0. The second-order valence-corrected chi connectivity index (χ2v) is 5.03. The molecule has 5 heteroatoms. The summed E-state index contributed by atoms with van der Waals surface area (Å²) in [6, 6.07) is 8.18. The van der Waals surface area contributed by atoms with Crippen LogP contribution in [0.25, 0.3) is 0 Å². The molecule has 2 aromatic carbocycles. The van der Waals surface area contributed by atoms with Gasteiger partial charge in [0.15, 0.2) is 11.6 Å². The quantitative estimate of drug-likeness (QED) is 0.860. The van der Waals surface area contributed by atoms with Gasteiger partial charge in [-0.3, -0.25) is 0 Å². The van der Waals surface area contributed by atoms with E-state index in [1.807, 2.05) is 0 Å². The molecule has 1 atom stereocenters. The lowest BCUT2D eigenvalue weighted by Crippen LogP contribution is -2.02. The number of benzene rings is 2. The first-order valence-electron chi connectivity index (χ1n) is 5.07. The highest BCUT2D eigenvalue weighted by molar-refractivity contribution is 9.10. The van der Waals surface area contributed by atoms with Crippen molar-refractivity contribution in [2.24, 2.45) is 0 Å². The lowest BCUT2D eigenvalue weighted by Gasteiger charge is -2.14. The van der Waals surface area contributed by atoms with Gasteiger partial charge in [0.25, 0.3) is 0 Å². The van der Waals surface area contributed by atoms with Gasteiger partial charge in [-0.15, -0.1) is 0 Å². The van der Waals surface area contributed by atoms with Crippen molar-refractivity contribution in [3.63, 3.8) is 0 Å². The Morgan fingerprint density at radius 1 is 1.06 bits per heavy atom. The zero-order valence-electron chi connectivity index (χ0n) is 9.00. The van der Waals surface area contributed by atoms with Gasteiger partial charge in [0, 0.05) is 15.1 Å². The SMILES string of the molecule is OC(c1ccc(F)c(F)c1)c1cc(Cl)ccc1Br. The molecule has 0 bridgehead atoms. The van der Waals surface area contributed by atoms with Gasteiger partial charge in [0.2, 0.25) is 0 Å². The van der Waals surface area contributed by atoms with E-state index in [0.29, 0.717) is 15.1 Å². The fourth-order valence-electron chi connectivity index (χ4n) is 1.59. The molecule has 0 fully saturated rings. The molecule has 0 aliphatic heterocycles. The Morgan fingerprint density at radius 3 is 2.44 bits per heavy atom. The second-order valence-electron chi connectivity index (χ2n) is 3.74. The van der Waals surface area contributed by atoms with Gasteiger partial charge in [-0.05, 0) is 35.9 Å². The first-order chi connectivity index (χ1) is 8.49. The van der Waals surface area contributed by atoms with Crippen LogP contribution >= 0.6 is 27.5 Å². The maximum absolute atomic E-state index is 13.1. The lowest BCUT2D eigenvalue weighted by molar-refractivity contribution is 0.218. The molecule has 0 spiro atoms. The van der Waals surface area contributed by atoms with Gasteiger partial charge in [0.1, 0.15) is 6.10 Å². The molecule has 1 N–H and O–H groups in total. The molecule has 0 heterocycles. The van der Waals surface area contributed by atoms with Crippen LogP contribution in [0.5, 0.6) is 0 Å². The summed E-state index contributed by atoms with van der Waals surface area (Å²) in [4.78, 5) is 0. The largest absolute Gasteiger partial charge is 0.384 e. The summed E-state index contributed by atoms with van der Waals surface area (Å²) in [7, 11) is 0. The molecule has 0 aliphatic carbocycles. The number of halogens is 4. The summed E-state index contributed by atoms with van der Waals surface area (Å²) in [5.41, 5.74) is 0.755. The predicted octanol–water partition coefficient (Wildman–Crippen LogP) is 4.46. The van der Waals surface area contributed by atoms with Crippen LogP contribution in [0.3, 0.4) is 0 Å². The monoisotopic (exact) mass is 332 g/mol. The molecule has 2 aromatic rings. The van der Waals surface area contributed by atoms with Gasteiger partial charge >= 0.3 is 0 Å². The van der Waals surface area contributed by atoms with E-state index < -0.39 is 17.7 Å². The van der Waals surface area contributed by atoms with Gasteiger partial charge in [-0.25, -0.2) is 8.78 Å². The average molecular weight is 334 g/mol. The summed E-state index contributed by atoms with van der Waals surface area (Å²) in [5.74, 6) is -1.94. The van der Waals surface area contributed by atoms with E-state index in [-0.39, 0.29) is 5.56 Å². The molecule has 0 aliphatic rings. The summed E-state index contributed by atoms with van der Waals surface area (Å²) >= 11 is 9.11. The molecular weight excluding hydrogens is 325 g/mol. The third-order valence-corrected chi connectivity index (χ3v) is 3.47. The van der Waals surface area contributed by atoms with Gasteiger partial charge in [-0.2, -0.15) is 0 Å². The summed E-state index contributed by atoms with van der Waals surface area (Å²) < 4.78 is 26.6. The summed E-state index contributed by atoms with van der Waals surface area (Å²) in [6.45, 7) is 0. The van der Waals surface area contributed by atoms with Gasteiger partial charge < -0.3 is 5.11 Å². The molecule has 18 heavy (non-hydrogen) atoms. The highest BCUT2D eigenvalue weighted by Gasteiger charge is 2.16. The molecule has 1 unspecified atom stereocenters. The molecule has 94 valence electrons. The van der Waals surface area contributed by atoms with Crippen LogP contribution < -0.4 is 0 Å². The minimum Gasteiger partial charge on any atom is -0.384 e. The van der Waals surface area contributed by atoms with Crippen LogP contribution in [-0.4, -0.2) is 5.11 Å². The van der Waals surface area contributed by atoms with E-state index in [9.17, 15) is 13.9 Å². The minimum atomic E-state index is -1.08. The van der Waals surface area contributed by atoms with Crippen molar-refractivity contribution in [3.05, 3.63) is 68.7 Å². The molecule has 0 amide bonds. The fourth-order valence-corrected chi connectivity index (χ4v) is 2.23. The van der Waals surface area contributed by atoms with Gasteiger partial charge in [0.05, 0.1) is 0 Å². The first-order valence-corrected chi connectivity index (χ1v) is 6.24. The smallest absolute Gasteiger partial charge is 0.159 e. The topological polar surface area (TPSA) is 20.2 Å². The zero-order valence-corrected chi connectivity index (χ0v) is 11.3. The van der Waals surface area contributed by atoms with Crippen LogP contribution in [0.2, 0.25) is 5.02 Å². The van der Waals surface area contributed by atoms with Crippen LogP contribution in [0.15, 0.2) is 40.9 Å². The van der Waals surface area contributed by atoms with Gasteiger partial charge in [-0.1, -0.05) is 33.6 Å². The molecule has 1 nitrogen and oxygen atoms in total. The van der Waals surface area contributed by atoms with E-state index in [0.717, 1.165) is 12.1 Å². The van der Waals surface area contributed by atoms with Crippen LogP contribution in [-0.2, 0) is 0 Å². The molecule has 0 radical (unpaired) electrons. The van der Waals surface area contributed by atoms with Crippen molar-refractivity contribution in [2.45, 2.75) is 6.10 Å². The Balaban J connectivity index is 2.44. The maximum Gasteiger partial charge on any atom is 0.159 e.